The van der Waals surface area contributed by atoms with E-state index in [9.17, 15) is 8.42 Å². The molecular formula is C20H16N2O2S. The fraction of sp³-hybridized carbons (Fsp3) is 0.0500. The van der Waals surface area contributed by atoms with Gasteiger partial charge in [0.2, 0.25) is 0 Å². The van der Waals surface area contributed by atoms with Gasteiger partial charge in [-0.2, -0.15) is 0 Å². The molecule has 3 aromatic carbocycles. The van der Waals surface area contributed by atoms with Gasteiger partial charge in [-0.1, -0.05) is 48.0 Å². The molecule has 4 nitrogen and oxygen atoms in total. The van der Waals surface area contributed by atoms with E-state index < -0.39 is 10.0 Å². The summed E-state index contributed by atoms with van der Waals surface area (Å²) in [7, 11) is -3.66. The molecule has 0 unspecified atom stereocenters. The van der Waals surface area contributed by atoms with Gasteiger partial charge in [0.05, 0.1) is 21.6 Å². The quantitative estimate of drug-likeness (QED) is 0.555. The zero-order chi connectivity index (χ0) is 17.4. The highest BCUT2D eigenvalue weighted by atomic mass is 32.2. The SMILES string of the molecule is Cc1ccc(S(=O)(=O)Nc2cccc3cc4ccccc4nc23)cc1. The first-order valence-electron chi connectivity index (χ1n) is 7.91. The minimum Gasteiger partial charge on any atom is -0.277 e. The molecule has 0 saturated carbocycles. The van der Waals surface area contributed by atoms with Crippen molar-refractivity contribution in [2.75, 3.05) is 4.72 Å². The normalized spacial score (nSPS) is 11.7. The predicted molar refractivity (Wildman–Crippen MR) is 101 cm³/mol. The highest BCUT2D eigenvalue weighted by Gasteiger charge is 2.16. The lowest BCUT2D eigenvalue weighted by atomic mass is 10.1. The van der Waals surface area contributed by atoms with Gasteiger partial charge in [0.1, 0.15) is 0 Å². The van der Waals surface area contributed by atoms with Crippen molar-refractivity contribution in [1.29, 1.82) is 0 Å². The molecule has 0 fully saturated rings. The average Bonchev–Trinajstić information content (AvgIpc) is 2.60. The van der Waals surface area contributed by atoms with Gasteiger partial charge in [-0.25, -0.2) is 13.4 Å². The largest absolute Gasteiger partial charge is 0.277 e. The van der Waals surface area contributed by atoms with Gasteiger partial charge < -0.3 is 0 Å². The third kappa shape index (κ3) is 2.94. The number of hydrogen-bond acceptors (Lipinski definition) is 3. The summed E-state index contributed by atoms with van der Waals surface area (Å²) in [6, 6.07) is 22.1. The van der Waals surface area contributed by atoms with Crippen molar-refractivity contribution >= 4 is 37.5 Å². The van der Waals surface area contributed by atoms with Crippen LogP contribution in [0.3, 0.4) is 0 Å². The Morgan fingerprint density at radius 1 is 0.840 bits per heavy atom. The number of fused-ring (bicyclic) bond motifs is 2. The van der Waals surface area contributed by atoms with E-state index in [1.807, 2.05) is 49.4 Å². The molecule has 0 amide bonds. The van der Waals surface area contributed by atoms with Crippen LogP contribution in [0.4, 0.5) is 5.69 Å². The summed E-state index contributed by atoms with van der Waals surface area (Å²) in [5.41, 5.74) is 2.95. The van der Waals surface area contributed by atoms with Crippen LogP contribution >= 0.6 is 0 Å². The standard InChI is InChI=1S/C20H16N2O2S/c1-14-9-11-17(12-10-14)25(23,24)22-19-8-4-6-16-13-15-5-2-3-7-18(15)21-20(16)19/h2-13,22H,1H3. The summed E-state index contributed by atoms with van der Waals surface area (Å²) in [4.78, 5) is 4.87. The molecule has 0 bridgehead atoms. The molecule has 4 aromatic rings. The lowest BCUT2D eigenvalue weighted by Gasteiger charge is -2.11. The van der Waals surface area contributed by atoms with Gasteiger partial charge in [-0.15, -0.1) is 0 Å². The van der Waals surface area contributed by atoms with Crippen molar-refractivity contribution in [2.24, 2.45) is 0 Å². The Morgan fingerprint density at radius 2 is 1.56 bits per heavy atom. The van der Waals surface area contributed by atoms with Gasteiger partial charge in [0.25, 0.3) is 10.0 Å². The number of pyridine rings is 1. The Kier molecular flexibility index (Phi) is 3.66. The number of sulfonamides is 1. The Morgan fingerprint density at radius 3 is 2.36 bits per heavy atom. The number of nitrogens with one attached hydrogen (secondary N) is 1. The van der Waals surface area contributed by atoms with E-state index in [2.05, 4.69) is 9.71 Å². The zero-order valence-electron chi connectivity index (χ0n) is 13.6. The number of para-hydroxylation sites is 2. The van der Waals surface area contributed by atoms with E-state index >= 15 is 0 Å². The maximum Gasteiger partial charge on any atom is 0.261 e. The Balaban J connectivity index is 1.83. The summed E-state index contributed by atoms with van der Waals surface area (Å²) in [6.45, 7) is 1.92. The van der Waals surface area contributed by atoms with Crippen molar-refractivity contribution in [3.05, 3.63) is 78.4 Å². The van der Waals surface area contributed by atoms with Crippen LogP contribution in [0.15, 0.2) is 77.7 Å². The molecule has 1 aromatic heterocycles. The topological polar surface area (TPSA) is 59.1 Å². The lowest BCUT2D eigenvalue weighted by molar-refractivity contribution is 0.601. The lowest BCUT2D eigenvalue weighted by Crippen LogP contribution is -2.13. The average molecular weight is 348 g/mol. The molecule has 25 heavy (non-hydrogen) atoms. The zero-order valence-corrected chi connectivity index (χ0v) is 14.4. The minimum atomic E-state index is -3.66. The molecule has 5 heteroatoms. The van der Waals surface area contributed by atoms with Crippen molar-refractivity contribution in [3.63, 3.8) is 0 Å². The van der Waals surface area contributed by atoms with E-state index in [1.54, 1.807) is 30.3 Å². The third-order valence-electron chi connectivity index (χ3n) is 4.12. The second-order valence-corrected chi connectivity index (χ2v) is 7.66. The fourth-order valence-electron chi connectivity index (χ4n) is 2.81. The molecule has 0 atom stereocenters. The maximum absolute atomic E-state index is 12.7. The number of benzene rings is 3. The molecule has 4 rings (SSSR count). The van der Waals surface area contributed by atoms with Gasteiger partial charge in [0, 0.05) is 10.8 Å². The van der Waals surface area contributed by atoms with E-state index in [0.29, 0.717) is 11.2 Å². The van der Waals surface area contributed by atoms with E-state index in [-0.39, 0.29) is 4.90 Å². The van der Waals surface area contributed by atoms with E-state index in [1.165, 1.54) is 0 Å². The highest BCUT2D eigenvalue weighted by molar-refractivity contribution is 7.92. The molecular weight excluding hydrogens is 332 g/mol. The summed E-state index contributed by atoms with van der Waals surface area (Å²) in [6.07, 6.45) is 0. The number of aromatic nitrogens is 1. The molecule has 124 valence electrons. The Bertz CT molecular complexity index is 1180. The summed E-state index contributed by atoms with van der Waals surface area (Å²) in [5.74, 6) is 0. The smallest absolute Gasteiger partial charge is 0.261 e. The Labute approximate surface area is 146 Å². The number of hydrogen-bond donors (Lipinski definition) is 1. The van der Waals surface area contributed by atoms with Crippen LogP contribution in [0, 0.1) is 6.92 Å². The second kappa shape index (κ2) is 5.86. The Hall–Kier alpha value is -2.92. The van der Waals surface area contributed by atoms with Crippen molar-refractivity contribution in [1.82, 2.24) is 4.98 Å². The van der Waals surface area contributed by atoms with Crippen LogP contribution in [-0.4, -0.2) is 13.4 Å². The fourth-order valence-corrected chi connectivity index (χ4v) is 3.87. The van der Waals surface area contributed by atoms with Crippen LogP contribution < -0.4 is 4.72 Å². The predicted octanol–water partition coefficient (Wildman–Crippen LogP) is 4.50. The third-order valence-corrected chi connectivity index (χ3v) is 5.50. The van der Waals surface area contributed by atoms with Crippen molar-refractivity contribution in [2.45, 2.75) is 11.8 Å². The van der Waals surface area contributed by atoms with Crippen LogP contribution in [-0.2, 0) is 10.0 Å². The van der Waals surface area contributed by atoms with Gasteiger partial charge >= 0.3 is 0 Å². The molecule has 0 saturated heterocycles. The van der Waals surface area contributed by atoms with E-state index in [4.69, 9.17) is 0 Å². The summed E-state index contributed by atoms with van der Waals surface area (Å²) >= 11 is 0. The van der Waals surface area contributed by atoms with Gasteiger partial charge in [0.15, 0.2) is 0 Å². The number of nitrogens with zero attached hydrogens (tertiary/aromatic N) is 1. The monoisotopic (exact) mass is 348 g/mol. The minimum absolute atomic E-state index is 0.232. The number of aryl methyl sites for hydroxylation is 1. The molecule has 0 spiro atoms. The van der Waals surface area contributed by atoms with Crippen LogP contribution in [0.2, 0.25) is 0 Å². The molecule has 0 aliphatic rings. The molecule has 1 heterocycles. The van der Waals surface area contributed by atoms with Crippen molar-refractivity contribution in [3.8, 4) is 0 Å². The van der Waals surface area contributed by atoms with Gasteiger partial charge in [-0.3, -0.25) is 4.72 Å². The summed E-state index contributed by atoms with van der Waals surface area (Å²) in [5, 5.41) is 1.91. The molecule has 0 aliphatic carbocycles. The van der Waals surface area contributed by atoms with Crippen LogP contribution in [0.25, 0.3) is 21.8 Å². The molecule has 0 aliphatic heterocycles. The molecule has 1 N–H and O–H groups in total. The first-order chi connectivity index (χ1) is 12.0. The highest BCUT2D eigenvalue weighted by Crippen LogP contribution is 2.27. The van der Waals surface area contributed by atoms with Crippen LogP contribution in [0.1, 0.15) is 5.56 Å². The second-order valence-electron chi connectivity index (χ2n) is 5.98. The van der Waals surface area contributed by atoms with Crippen molar-refractivity contribution < 1.29 is 8.42 Å². The number of rotatable bonds is 3. The first kappa shape index (κ1) is 15.6. The molecule has 0 radical (unpaired) electrons. The number of anilines is 1. The first-order valence-corrected chi connectivity index (χ1v) is 9.39. The van der Waals surface area contributed by atoms with Crippen LogP contribution in [0.5, 0.6) is 0 Å². The van der Waals surface area contributed by atoms with Gasteiger partial charge in [-0.05, 0) is 37.3 Å². The summed E-state index contributed by atoms with van der Waals surface area (Å²) < 4.78 is 28.0. The maximum atomic E-state index is 12.7. The van der Waals surface area contributed by atoms with E-state index in [0.717, 1.165) is 21.9 Å².